The first-order valence-corrected chi connectivity index (χ1v) is 7.54. The van der Waals surface area contributed by atoms with Crippen LogP contribution in [-0.4, -0.2) is 22.9 Å². The van der Waals surface area contributed by atoms with Crippen LogP contribution in [0, 0.1) is 5.41 Å². The van der Waals surface area contributed by atoms with Gasteiger partial charge < -0.3 is 5.32 Å². The van der Waals surface area contributed by atoms with Crippen LogP contribution in [-0.2, 0) is 19.9 Å². The summed E-state index contributed by atoms with van der Waals surface area (Å²) in [4.78, 5) is 0. The van der Waals surface area contributed by atoms with Crippen molar-refractivity contribution in [2.45, 2.75) is 53.0 Å². The van der Waals surface area contributed by atoms with Gasteiger partial charge in [-0.2, -0.15) is 5.10 Å². The molecule has 104 valence electrons. The van der Waals surface area contributed by atoms with Crippen LogP contribution in [0.2, 0.25) is 0 Å². The molecular weight excluding hydrogens is 290 g/mol. The van der Waals surface area contributed by atoms with Gasteiger partial charge in [0.2, 0.25) is 0 Å². The van der Waals surface area contributed by atoms with Crippen LogP contribution in [0.3, 0.4) is 0 Å². The average molecular weight is 316 g/mol. The Bertz CT molecular complexity index is 396. The standard InChI is InChI=1S/C14H26BrN3/c1-7-10-13(15)11(18(6)17-10)9-12(16-5)14(3,4)8-2/h12,16H,7-9H2,1-6H3. The first kappa shape index (κ1) is 15.7. The molecular formula is C14H26BrN3. The Hall–Kier alpha value is -0.350. The molecule has 0 aliphatic heterocycles. The molecule has 1 N–H and O–H groups in total. The molecule has 0 saturated carbocycles. The van der Waals surface area contributed by atoms with Crippen molar-refractivity contribution in [2.75, 3.05) is 7.05 Å². The van der Waals surface area contributed by atoms with Gasteiger partial charge in [0.1, 0.15) is 0 Å². The number of hydrogen-bond donors (Lipinski definition) is 1. The van der Waals surface area contributed by atoms with E-state index in [0.29, 0.717) is 6.04 Å². The van der Waals surface area contributed by atoms with Gasteiger partial charge in [-0.1, -0.05) is 27.7 Å². The van der Waals surface area contributed by atoms with Crippen LogP contribution in [0.25, 0.3) is 0 Å². The summed E-state index contributed by atoms with van der Waals surface area (Å²) in [6.45, 7) is 9.03. The predicted molar refractivity (Wildman–Crippen MR) is 80.9 cm³/mol. The van der Waals surface area contributed by atoms with Gasteiger partial charge in [0.25, 0.3) is 0 Å². The maximum atomic E-state index is 4.57. The van der Waals surface area contributed by atoms with Crippen molar-refractivity contribution in [3.63, 3.8) is 0 Å². The molecule has 1 aromatic heterocycles. The van der Waals surface area contributed by atoms with E-state index in [1.165, 1.54) is 10.2 Å². The smallest absolute Gasteiger partial charge is 0.0766 e. The molecule has 0 radical (unpaired) electrons. The fourth-order valence-corrected chi connectivity index (χ4v) is 3.03. The van der Waals surface area contributed by atoms with Crippen LogP contribution >= 0.6 is 15.9 Å². The van der Waals surface area contributed by atoms with E-state index in [1.807, 2.05) is 18.8 Å². The van der Waals surface area contributed by atoms with Gasteiger partial charge in [0.15, 0.2) is 0 Å². The zero-order chi connectivity index (χ0) is 13.9. The number of aromatic nitrogens is 2. The highest BCUT2D eigenvalue weighted by Crippen LogP contribution is 2.30. The molecule has 0 saturated heterocycles. The van der Waals surface area contributed by atoms with Gasteiger partial charge in [-0.15, -0.1) is 0 Å². The molecule has 0 aliphatic rings. The molecule has 0 aromatic carbocycles. The summed E-state index contributed by atoms with van der Waals surface area (Å²) < 4.78 is 3.19. The number of likely N-dealkylation sites (N-methyl/N-ethyl adjacent to an activating group) is 1. The normalized spacial score (nSPS) is 13.9. The van der Waals surface area contributed by atoms with E-state index in [-0.39, 0.29) is 5.41 Å². The van der Waals surface area contributed by atoms with Gasteiger partial charge in [0, 0.05) is 19.5 Å². The van der Waals surface area contributed by atoms with Crippen molar-refractivity contribution in [3.05, 3.63) is 15.9 Å². The lowest BCUT2D eigenvalue weighted by Gasteiger charge is -2.33. The molecule has 0 spiro atoms. The monoisotopic (exact) mass is 315 g/mol. The molecule has 1 atom stereocenters. The second-order valence-corrected chi connectivity index (χ2v) is 6.37. The van der Waals surface area contributed by atoms with Gasteiger partial charge >= 0.3 is 0 Å². The summed E-state index contributed by atoms with van der Waals surface area (Å²) in [5.74, 6) is 0. The van der Waals surface area contributed by atoms with Gasteiger partial charge in [0.05, 0.1) is 15.9 Å². The van der Waals surface area contributed by atoms with E-state index in [9.17, 15) is 0 Å². The number of rotatable bonds is 6. The Morgan fingerprint density at radius 1 is 1.39 bits per heavy atom. The zero-order valence-corrected chi connectivity index (χ0v) is 14.1. The number of nitrogens with one attached hydrogen (secondary N) is 1. The van der Waals surface area contributed by atoms with Crippen LogP contribution in [0.5, 0.6) is 0 Å². The van der Waals surface area contributed by atoms with Crippen LogP contribution in [0.4, 0.5) is 0 Å². The van der Waals surface area contributed by atoms with E-state index in [2.05, 4.69) is 54.0 Å². The highest BCUT2D eigenvalue weighted by molar-refractivity contribution is 9.10. The van der Waals surface area contributed by atoms with Crippen LogP contribution < -0.4 is 5.32 Å². The molecule has 3 nitrogen and oxygen atoms in total. The lowest BCUT2D eigenvalue weighted by Crippen LogP contribution is -2.41. The molecule has 18 heavy (non-hydrogen) atoms. The van der Waals surface area contributed by atoms with Crippen molar-refractivity contribution in [1.82, 2.24) is 15.1 Å². The van der Waals surface area contributed by atoms with Crippen molar-refractivity contribution in [1.29, 1.82) is 0 Å². The third-order valence-electron chi connectivity index (χ3n) is 4.10. The Balaban J connectivity index is 2.99. The highest BCUT2D eigenvalue weighted by atomic mass is 79.9. The summed E-state index contributed by atoms with van der Waals surface area (Å²) in [6.07, 6.45) is 3.13. The van der Waals surface area contributed by atoms with Crippen molar-refractivity contribution in [2.24, 2.45) is 12.5 Å². The van der Waals surface area contributed by atoms with E-state index >= 15 is 0 Å². The summed E-state index contributed by atoms with van der Waals surface area (Å²) in [5.41, 5.74) is 2.72. The Morgan fingerprint density at radius 2 is 2.00 bits per heavy atom. The summed E-state index contributed by atoms with van der Waals surface area (Å²) in [7, 11) is 4.08. The lowest BCUT2D eigenvalue weighted by molar-refractivity contribution is 0.237. The molecule has 4 heteroatoms. The minimum Gasteiger partial charge on any atom is -0.316 e. The second-order valence-electron chi connectivity index (χ2n) is 5.57. The zero-order valence-electron chi connectivity index (χ0n) is 12.5. The molecule has 1 heterocycles. The molecule has 0 amide bonds. The number of hydrogen-bond acceptors (Lipinski definition) is 2. The molecule has 0 fully saturated rings. The first-order chi connectivity index (χ1) is 8.37. The summed E-state index contributed by atoms with van der Waals surface area (Å²) in [5, 5.41) is 8.03. The predicted octanol–water partition coefficient (Wildman–Crippen LogP) is 3.31. The van der Waals surface area contributed by atoms with Crippen molar-refractivity contribution < 1.29 is 0 Å². The fourth-order valence-electron chi connectivity index (χ4n) is 2.25. The van der Waals surface area contributed by atoms with Crippen molar-refractivity contribution >= 4 is 15.9 Å². The summed E-state index contributed by atoms with van der Waals surface area (Å²) >= 11 is 3.70. The van der Waals surface area contributed by atoms with Crippen LogP contribution in [0.1, 0.15) is 45.5 Å². The SMILES string of the molecule is CCc1nn(C)c(CC(NC)C(C)(C)CC)c1Br. The van der Waals surface area contributed by atoms with Gasteiger partial charge in [-0.25, -0.2) is 0 Å². The number of nitrogens with zero attached hydrogens (tertiary/aromatic N) is 2. The highest BCUT2D eigenvalue weighted by Gasteiger charge is 2.28. The largest absolute Gasteiger partial charge is 0.316 e. The Kier molecular flexibility index (Phi) is 5.41. The molecule has 1 unspecified atom stereocenters. The van der Waals surface area contributed by atoms with Gasteiger partial charge in [-0.05, 0) is 41.2 Å². The van der Waals surface area contributed by atoms with E-state index < -0.39 is 0 Å². The topological polar surface area (TPSA) is 29.9 Å². The Morgan fingerprint density at radius 3 is 2.39 bits per heavy atom. The van der Waals surface area contributed by atoms with Gasteiger partial charge in [-0.3, -0.25) is 4.68 Å². The van der Waals surface area contributed by atoms with Crippen LogP contribution in [0.15, 0.2) is 4.47 Å². The van der Waals surface area contributed by atoms with Crippen molar-refractivity contribution in [3.8, 4) is 0 Å². The molecule has 0 aliphatic carbocycles. The lowest BCUT2D eigenvalue weighted by atomic mass is 9.79. The first-order valence-electron chi connectivity index (χ1n) is 6.74. The number of halogens is 1. The maximum Gasteiger partial charge on any atom is 0.0766 e. The molecule has 0 bridgehead atoms. The maximum absolute atomic E-state index is 4.57. The minimum absolute atomic E-state index is 0.283. The minimum atomic E-state index is 0.283. The third kappa shape index (κ3) is 3.15. The summed E-state index contributed by atoms with van der Waals surface area (Å²) in [6, 6.07) is 0.457. The average Bonchev–Trinajstić information content (AvgIpc) is 2.61. The Labute approximate surface area is 119 Å². The van der Waals surface area contributed by atoms with E-state index in [1.54, 1.807) is 0 Å². The molecule has 1 aromatic rings. The quantitative estimate of drug-likeness (QED) is 0.872. The van der Waals surface area contributed by atoms with E-state index in [4.69, 9.17) is 0 Å². The second kappa shape index (κ2) is 6.20. The fraction of sp³-hybridized carbons (Fsp3) is 0.786. The van der Waals surface area contributed by atoms with E-state index in [0.717, 1.165) is 25.0 Å². The number of aryl methyl sites for hydroxylation is 2. The third-order valence-corrected chi connectivity index (χ3v) is 5.02. The molecule has 1 rings (SSSR count).